The molecule has 21 heavy (non-hydrogen) atoms. The van der Waals surface area contributed by atoms with E-state index in [1.165, 1.54) is 32.1 Å². The molecule has 0 aromatic carbocycles. The van der Waals surface area contributed by atoms with Gasteiger partial charge in [-0.05, 0) is 57.0 Å². The molecule has 3 aliphatic rings. The van der Waals surface area contributed by atoms with Gasteiger partial charge in [-0.15, -0.1) is 0 Å². The van der Waals surface area contributed by atoms with Crippen molar-refractivity contribution < 1.29 is 4.79 Å². The molecule has 3 aliphatic heterocycles. The number of likely N-dealkylation sites (tertiary alicyclic amines) is 2. The van der Waals surface area contributed by atoms with E-state index in [2.05, 4.69) is 29.0 Å². The highest BCUT2D eigenvalue weighted by atomic mass is 16.2. The average Bonchev–Trinajstić information content (AvgIpc) is 3.07. The molecule has 0 aromatic heterocycles. The third-order valence-corrected chi connectivity index (χ3v) is 5.54. The van der Waals surface area contributed by atoms with Crippen LogP contribution in [-0.2, 0) is 4.79 Å². The first kappa shape index (κ1) is 15.3. The highest BCUT2D eigenvalue weighted by molar-refractivity contribution is 5.78. The fourth-order valence-electron chi connectivity index (χ4n) is 4.68. The zero-order valence-corrected chi connectivity index (χ0v) is 13.7. The van der Waals surface area contributed by atoms with Gasteiger partial charge in [0.2, 0.25) is 5.91 Å². The van der Waals surface area contributed by atoms with Gasteiger partial charge in [-0.25, -0.2) is 0 Å². The number of hydrogen-bond acceptors (Lipinski definition) is 3. The summed E-state index contributed by atoms with van der Waals surface area (Å²) in [7, 11) is 0. The van der Waals surface area contributed by atoms with Crippen molar-refractivity contribution in [3.8, 4) is 0 Å². The fourth-order valence-corrected chi connectivity index (χ4v) is 4.68. The molecule has 4 nitrogen and oxygen atoms in total. The van der Waals surface area contributed by atoms with Crippen LogP contribution in [0.15, 0.2) is 0 Å². The lowest BCUT2D eigenvalue weighted by Crippen LogP contribution is -2.50. The quantitative estimate of drug-likeness (QED) is 0.860. The number of hydrogen-bond donors (Lipinski definition) is 1. The van der Waals surface area contributed by atoms with E-state index in [4.69, 9.17) is 0 Å². The molecule has 4 unspecified atom stereocenters. The molecule has 0 aliphatic carbocycles. The number of carbonyl (C=O) groups excluding carboxylic acids is 1. The first-order valence-electron chi connectivity index (χ1n) is 8.88. The van der Waals surface area contributed by atoms with Gasteiger partial charge >= 0.3 is 0 Å². The molecule has 0 radical (unpaired) electrons. The molecule has 0 bridgehead atoms. The summed E-state index contributed by atoms with van der Waals surface area (Å²) >= 11 is 0. The number of rotatable bonds is 3. The van der Waals surface area contributed by atoms with E-state index in [1.54, 1.807) is 0 Å². The standard InChI is InChI=1S/C17H31N3O/c1-13-9-14(2)11-20(10-13)17(21)12-19-8-4-6-16(19)15-5-3-7-18-15/h13-16,18H,3-12H2,1-2H3. The average molecular weight is 293 g/mol. The SMILES string of the molecule is CC1CC(C)CN(C(=O)CN2CCCC2C2CCCN2)C1. The Hall–Kier alpha value is -0.610. The summed E-state index contributed by atoms with van der Waals surface area (Å²) in [5.41, 5.74) is 0. The first-order valence-corrected chi connectivity index (χ1v) is 8.88. The maximum absolute atomic E-state index is 12.7. The number of carbonyl (C=O) groups is 1. The van der Waals surface area contributed by atoms with E-state index in [-0.39, 0.29) is 0 Å². The number of amides is 1. The lowest BCUT2D eigenvalue weighted by molar-refractivity contribution is -0.135. The summed E-state index contributed by atoms with van der Waals surface area (Å²) < 4.78 is 0. The smallest absolute Gasteiger partial charge is 0.236 e. The summed E-state index contributed by atoms with van der Waals surface area (Å²) in [5.74, 6) is 1.67. The molecular formula is C17H31N3O. The summed E-state index contributed by atoms with van der Waals surface area (Å²) in [6, 6.07) is 1.22. The largest absolute Gasteiger partial charge is 0.341 e. The van der Waals surface area contributed by atoms with Gasteiger partial charge in [-0.3, -0.25) is 9.69 Å². The van der Waals surface area contributed by atoms with E-state index in [0.29, 0.717) is 36.4 Å². The van der Waals surface area contributed by atoms with Gasteiger partial charge in [0.15, 0.2) is 0 Å². The van der Waals surface area contributed by atoms with Crippen LogP contribution < -0.4 is 5.32 Å². The van der Waals surface area contributed by atoms with Crippen molar-refractivity contribution in [2.75, 3.05) is 32.7 Å². The highest BCUT2D eigenvalue weighted by Gasteiger charge is 2.35. The van der Waals surface area contributed by atoms with E-state index in [9.17, 15) is 4.79 Å². The second kappa shape index (κ2) is 6.66. The Morgan fingerprint density at radius 2 is 1.90 bits per heavy atom. The van der Waals surface area contributed by atoms with Crippen LogP contribution in [0.2, 0.25) is 0 Å². The van der Waals surface area contributed by atoms with Gasteiger partial charge in [0, 0.05) is 25.2 Å². The number of nitrogens with zero attached hydrogens (tertiary/aromatic N) is 2. The summed E-state index contributed by atoms with van der Waals surface area (Å²) in [6.45, 7) is 9.38. The van der Waals surface area contributed by atoms with E-state index in [1.807, 2.05) is 0 Å². The van der Waals surface area contributed by atoms with Crippen molar-refractivity contribution >= 4 is 5.91 Å². The molecule has 3 fully saturated rings. The second-order valence-electron chi connectivity index (χ2n) is 7.63. The Morgan fingerprint density at radius 1 is 1.14 bits per heavy atom. The maximum Gasteiger partial charge on any atom is 0.236 e. The summed E-state index contributed by atoms with van der Waals surface area (Å²) in [5, 5.41) is 3.63. The minimum absolute atomic E-state index is 0.360. The van der Waals surface area contributed by atoms with Crippen LogP contribution >= 0.6 is 0 Å². The Labute approximate surface area is 129 Å². The molecule has 3 saturated heterocycles. The monoisotopic (exact) mass is 293 g/mol. The lowest BCUT2D eigenvalue weighted by atomic mass is 9.92. The van der Waals surface area contributed by atoms with Crippen LogP contribution in [0.4, 0.5) is 0 Å². The van der Waals surface area contributed by atoms with E-state index < -0.39 is 0 Å². The first-order chi connectivity index (χ1) is 10.1. The third kappa shape index (κ3) is 3.59. The topological polar surface area (TPSA) is 35.6 Å². The molecule has 1 N–H and O–H groups in total. The molecule has 4 atom stereocenters. The maximum atomic E-state index is 12.7. The van der Waals surface area contributed by atoms with Crippen LogP contribution in [0.3, 0.4) is 0 Å². The van der Waals surface area contributed by atoms with E-state index >= 15 is 0 Å². The summed E-state index contributed by atoms with van der Waals surface area (Å²) in [6.07, 6.45) is 6.36. The van der Waals surface area contributed by atoms with Crippen molar-refractivity contribution in [1.29, 1.82) is 0 Å². The zero-order chi connectivity index (χ0) is 14.8. The number of piperidine rings is 1. The Morgan fingerprint density at radius 3 is 2.57 bits per heavy atom. The van der Waals surface area contributed by atoms with Gasteiger partial charge < -0.3 is 10.2 Å². The van der Waals surface area contributed by atoms with Gasteiger partial charge in [0.05, 0.1) is 6.54 Å². The van der Waals surface area contributed by atoms with Crippen LogP contribution in [-0.4, -0.2) is 60.5 Å². The highest BCUT2D eigenvalue weighted by Crippen LogP contribution is 2.26. The van der Waals surface area contributed by atoms with Gasteiger partial charge in [0.25, 0.3) is 0 Å². The molecule has 4 heteroatoms. The number of nitrogens with one attached hydrogen (secondary N) is 1. The third-order valence-electron chi connectivity index (χ3n) is 5.54. The van der Waals surface area contributed by atoms with Crippen LogP contribution in [0, 0.1) is 11.8 Å². The molecule has 0 saturated carbocycles. The van der Waals surface area contributed by atoms with Crippen molar-refractivity contribution in [1.82, 2.24) is 15.1 Å². The molecular weight excluding hydrogens is 262 g/mol. The van der Waals surface area contributed by atoms with Crippen LogP contribution in [0.1, 0.15) is 46.0 Å². The van der Waals surface area contributed by atoms with Crippen molar-refractivity contribution in [3.63, 3.8) is 0 Å². The Balaban J connectivity index is 1.56. The molecule has 3 rings (SSSR count). The zero-order valence-electron chi connectivity index (χ0n) is 13.7. The van der Waals surface area contributed by atoms with Gasteiger partial charge in [-0.1, -0.05) is 13.8 Å². The second-order valence-corrected chi connectivity index (χ2v) is 7.63. The molecule has 120 valence electrons. The van der Waals surface area contributed by atoms with Crippen molar-refractivity contribution in [2.24, 2.45) is 11.8 Å². The Kier molecular flexibility index (Phi) is 4.85. The van der Waals surface area contributed by atoms with Crippen molar-refractivity contribution in [3.05, 3.63) is 0 Å². The summed E-state index contributed by atoms with van der Waals surface area (Å²) in [4.78, 5) is 17.2. The van der Waals surface area contributed by atoms with Crippen LogP contribution in [0.5, 0.6) is 0 Å². The molecule has 0 spiro atoms. The van der Waals surface area contributed by atoms with E-state index in [0.717, 1.165) is 26.2 Å². The normalized spacial score (nSPS) is 38.1. The molecule has 3 heterocycles. The molecule has 1 amide bonds. The predicted octanol–water partition coefficient (Wildman–Crippen LogP) is 1.71. The van der Waals surface area contributed by atoms with Crippen LogP contribution in [0.25, 0.3) is 0 Å². The van der Waals surface area contributed by atoms with Gasteiger partial charge in [-0.2, -0.15) is 0 Å². The lowest BCUT2D eigenvalue weighted by Gasteiger charge is -2.37. The fraction of sp³-hybridized carbons (Fsp3) is 0.941. The predicted molar refractivity (Wildman–Crippen MR) is 85.1 cm³/mol. The van der Waals surface area contributed by atoms with Gasteiger partial charge in [0.1, 0.15) is 0 Å². The molecule has 0 aromatic rings. The minimum Gasteiger partial charge on any atom is -0.341 e. The Bertz CT molecular complexity index is 357. The minimum atomic E-state index is 0.360. The van der Waals surface area contributed by atoms with Crippen molar-refractivity contribution in [2.45, 2.75) is 58.0 Å².